The van der Waals surface area contributed by atoms with Gasteiger partial charge in [0.1, 0.15) is 0 Å². The van der Waals surface area contributed by atoms with Crippen molar-refractivity contribution in [2.45, 2.75) is 37.9 Å². The highest BCUT2D eigenvalue weighted by Crippen LogP contribution is 2.02. The van der Waals surface area contributed by atoms with Crippen LogP contribution in [0.25, 0.3) is 0 Å². The predicted molar refractivity (Wildman–Crippen MR) is 74.4 cm³/mol. The molecule has 0 aromatic rings. The molecule has 0 heterocycles. The molecule has 0 bridgehead atoms. The van der Waals surface area contributed by atoms with E-state index >= 15 is 0 Å². The van der Waals surface area contributed by atoms with Crippen LogP contribution in [0.15, 0.2) is 36.5 Å². The Morgan fingerprint density at radius 3 is 2.21 bits per heavy atom. The molecule has 2 unspecified atom stereocenters. The lowest BCUT2D eigenvalue weighted by Crippen LogP contribution is -2.03. The topological polar surface area (TPSA) is 77.8 Å². The normalized spacial score (nSPS) is 15.0. The van der Waals surface area contributed by atoms with Crippen LogP contribution >= 0.6 is 0 Å². The van der Waals surface area contributed by atoms with Crippen LogP contribution in [0.1, 0.15) is 25.7 Å². The highest BCUT2D eigenvalue weighted by molar-refractivity contribution is 5.66. The maximum atomic E-state index is 10.3. The molecule has 0 aromatic carbocycles. The number of aliphatic hydroxyl groups excluding tert-OH is 2. The molecule has 19 heavy (non-hydrogen) atoms. The third-order valence-corrected chi connectivity index (χ3v) is 2.22. The van der Waals surface area contributed by atoms with Gasteiger partial charge in [-0.1, -0.05) is 36.5 Å². The number of aliphatic carboxylic acids is 1. The lowest BCUT2D eigenvalue weighted by molar-refractivity contribution is -0.137. The molecular weight excluding hydrogens is 244 g/mol. The molecule has 104 valence electrons. The van der Waals surface area contributed by atoms with E-state index < -0.39 is 18.2 Å². The standard InChI is InChI=1S/C15H20O4/c1-2-8-13(16)9-5-3-4-6-10-14(17)11-7-12-15(18)19/h1,3-6,9-10,13-14,16-17H,7-8,11-12H2,(H,18,19). The van der Waals surface area contributed by atoms with Gasteiger partial charge in [0.15, 0.2) is 0 Å². The van der Waals surface area contributed by atoms with Crippen molar-refractivity contribution in [2.24, 2.45) is 0 Å². The lowest BCUT2D eigenvalue weighted by Gasteiger charge is -2.02. The van der Waals surface area contributed by atoms with Gasteiger partial charge in [0.25, 0.3) is 0 Å². The first kappa shape index (κ1) is 17.2. The average Bonchev–Trinajstić information content (AvgIpc) is 2.33. The molecule has 0 amide bonds. The number of aliphatic hydroxyl groups is 2. The number of carboxylic acid groups (broad SMARTS) is 1. The number of hydrogen-bond acceptors (Lipinski definition) is 3. The Kier molecular flexibility index (Phi) is 10.2. The molecule has 0 aliphatic rings. The third kappa shape index (κ3) is 12.4. The maximum Gasteiger partial charge on any atom is 0.303 e. The minimum atomic E-state index is -0.855. The zero-order valence-corrected chi connectivity index (χ0v) is 10.8. The van der Waals surface area contributed by atoms with Crippen molar-refractivity contribution in [1.29, 1.82) is 0 Å². The Morgan fingerprint density at radius 1 is 1.11 bits per heavy atom. The summed E-state index contributed by atoms with van der Waals surface area (Å²) in [6.07, 6.45) is 14.9. The molecular formula is C15H20O4. The van der Waals surface area contributed by atoms with Gasteiger partial charge in [-0.15, -0.1) is 12.3 Å². The number of carboxylic acids is 1. The molecule has 0 saturated carbocycles. The summed E-state index contributed by atoms with van der Waals surface area (Å²) in [5.74, 6) is 1.49. The summed E-state index contributed by atoms with van der Waals surface area (Å²) < 4.78 is 0. The molecule has 0 aromatic heterocycles. The van der Waals surface area contributed by atoms with Gasteiger partial charge in [-0.25, -0.2) is 0 Å². The number of hydrogen-bond donors (Lipinski definition) is 3. The first-order valence-electron chi connectivity index (χ1n) is 6.09. The van der Waals surface area contributed by atoms with Crippen LogP contribution < -0.4 is 0 Å². The van der Waals surface area contributed by atoms with Crippen molar-refractivity contribution >= 4 is 5.97 Å². The minimum absolute atomic E-state index is 0.0660. The second-order valence-electron chi connectivity index (χ2n) is 3.98. The van der Waals surface area contributed by atoms with Gasteiger partial charge in [0, 0.05) is 12.8 Å². The maximum absolute atomic E-state index is 10.3. The zero-order chi connectivity index (χ0) is 14.5. The molecule has 0 aliphatic carbocycles. The quantitative estimate of drug-likeness (QED) is 0.437. The van der Waals surface area contributed by atoms with E-state index in [4.69, 9.17) is 11.5 Å². The van der Waals surface area contributed by atoms with Crippen LogP contribution in [0.2, 0.25) is 0 Å². The van der Waals surface area contributed by atoms with Crippen LogP contribution in [0.3, 0.4) is 0 Å². The molecule has 4 nitrogen and oxygen atoms in total. The minimum Gasteiger partial charge on any atom is -0.481 e. The van der Waals surface area contributed by atoms with Gasteiger partial charge in [0.2, 0.25) is 0 Å². The summed E-state index contributed by atoms with van der Waals surface area (Å²) in [7, 11) is 0. The van der Waals surface area contributed by atoms with Gasteiger partial charge in [-0.2, -0.15) is 0 Å². The number of terminal acetylenes is 1. The average molecular weight is 264 g/mol. The van der Waals surface area contributed by atoms with Crippen molar-refractivity contribution in [3.05, 3.63) is 36.5 Å². The van der Waals surface area contributed by atoms with E-state index in [0.29, 0.717) is 12.8 Å². The molecule has 0 radical (unpaired) electrons. The van der Waals surface area contributed by atoms with Crippen molar-refractivity contribution in [3.63, 3.8) is 0 Å². The molecule has 4 heteroatoms. The summed E-state index contributed by atoms with van der Waals surface area (Å²) in [6, 6.07) is 0. The van der Waals surface area contributed by atoms with E-state index in [0.717, 1.165) is 0 Å². The fraction of sp³-hybridized carbons (Fsp3) is 0.400. The van der Waals surface area contributed by atoms with Crippen molar-refractivity contribution in [3.8, 4) is 12.3 Å². The van der Waals surface area contributed by atoms with Gasteiger partial charge >= 0.3 is 5.97 Å². The van der Waals surface area contributed by atoms with E-state index in [-0.39, 0.29) is 12.8 Å². The highest BCUT2D eigenvalue weighted by atomic mass is 16.4. The second-order valence-corrected chi connectivity index (χ2v) is 3.98. The highest BCUT2D eigenvalue weighted by Gasteiger charge is 2.01. The summed E-state index contributed by atoms with van der Waals surface area (Å²) in [6.45, 7) is 0. The number of allylic oxidation sites excluding steroid dienone is 4. The first-order valence-corrected chi connectivity index (χ1v) is 6.09. The molecule has 0 saturated heterocycles. The van der Waals surface area contributed by atoms with Crippen LogP contribution in [0.5, 0.6) is 0 Å². The third-order valence-electron chi connectivity index (χ3n) is 2.22. The van der Waals surface area contributed by atoms with E-state index in [1.54, 1.807) is 36.5 Å². The summed E-state index contributed by atoms with van der Waals surface area (Å²) in [4.78, 5) is 10.3. The Bertz CT molecular complexity index is 374. The molecule has 3 N–H and O–H groups in total. The summed E-state index contributed by atoms with van der Waals surface area (Å²) in [5, 5.41) is 27.2. The fourth-order valence-electron chi connectivity index (χ4n) is 1.26. The van der Waals surface area contributed by atoms with E-state index in [1.807, 2.05) is 0 Å². The lowest BCUT2D eigenvalue weighted by atomic mass is 10.1. The molecule has 0 spiro atoms. The van der Waals surface area contributed by atoms with E-state index in [2.05, 4.69) is 5.92 Å². The Balaban J connectivity index is 3.82. The van der Waals surface area contributed by atoms with E-state index in [9.17, 15) is 15.0 Å². The van der Waals surface area contributed by atoms with Gasteiger partial charge in [-0.05, 0) is 12.8 Å². The van der Waals surface area contributed by atoms with Gasteiger partial charge < -0.3 is 15.3 Å². The van der Waals surface area contributed by atoms with Crippen LogP contribution in [-0.2, 0) is 4.79 Å². The molecule has 0 rings (SSSR count). The van der Waals surface area contributed by atoms with Crippen molar-refractivity contribution < 1.29 is 20.1 Å². The van der Waals surface area contributed by atoms with Crippen molar-refractivity contribution in [1.82, 2.24) is 0 Å². The second kappa shape index (κ2) is 11.3. The van der Waals surface area contributed by atoms with Gasteiger partial charge in [0.05, 0.1) is 12.2 Å². The largest absolute Gasteiger partial charge is 0.481 e. The first-order chi connectivity index (χ1) is 9.06. The summed E-state index contributed by atoms with van der Waals surface area (Å²) >= 11 is 0. The molecule has 0 fully saturated rings. The fourth-order valence-corrected chi connectivity index (χ4v) is 1.26. The Hall–Kier alpha value is -1.83. The zero-order valence-electron chi connectivity index (χ0n) is 10.8. The number of carbonyl (C=O) groups is 1. The van der Waals surface area contributed by atoms with E-state index in [1.165, 1.54) is 0 Å². The molecule has 0 aliphatic heterocycles. The van der Waals surface area contributed by atoms with Crippen LogP contribution in [0, 0.1) is 12.3 Å². The van der Waals surface area contributed by atoms with Crippen LogP contribution in [0.4, 0.5) is 0 Å². The molecule has 2 atom stereocenters. The Labute approximate surface area is 113 Å². The monoisotopic (exact) mass is 264 g/mol. The summed E-state index contributed by atoms with van der Waals surface area (Å²) in [5.41, 5.74) is 0. The Morgan fingerprint density at radius 2 is 1.68 bits per heavy atom. The van der Waals surface area contributed by atoms with Gasteiger partial charge in [-0.3, -0.25) is 4.79 Å². The number of rotatable bonds is 9. The van der Waals surface area contributed by atoms with Crippen molar-refractivity contribution in [2.75, 3.05) is 0 Å². The van der Waals surface area contributed by atoms with Crippen LogP contribution in [-0.4, -0.2) is 33.5 Å². The SMILES string of the molecule is C#CCC(O)C=CC=CC=CC(O)CCCC(=O)O. The predicted octanol–water partition coefficient (Wildman–Crippen LogP) is 1.66. The smallest absolute Gasteiger partial charge is 0.303 e.